The summed E-state index contributed by atoms with van der Waals surface area (Å²) >= 11 is 0. The minimum Gasteiger partial charge on any atom is -0.479 e. The van der Waals surface area contributed by atoms with E-state index in [1.54, 1.807) is 20.2 Å². The lowest BCUT2D eigenvalue weighted by atomic mass is 10.0. The van der Waals surface area contributed by atoms with E-state index in [1.807, 2.05) is 19.9 Å². The number of aryl methyl sites for hydroxylation is 1. The SMILES string of the molecule is COc1nc(C)ncc1Nc1cc([C@H]2CC[C@@H](OC(=O)NC(C)C)C2)[nH]n1. The van der Waals surface area contributed by atoms with Crippen molar-refractivity contribution in [2.24, 2.45) is 0 Å². The lowest BCUT2D eigenvalue weighted by Crippen LogP contribution is -2.33. The van der Waals surface area contributed by atoms with Crippen molar-refractivity contribution in [3.8, 4) is 5.88 Å². The summed E-state index contributed by atoms with van der Waals surface area (Å²) in [6.07, 6.45) is 3.82. The molecule has 0 bridgehead atoms. The van der Waals surface area contributed by atoms with Gasteiger partial charge in [0.15, 0.2) is 5.82 Å². The molecule has 2 aromatic heterocycles. The minimum atomic E-state index is -0.353. The van der Waals surface area contributed by atoms with Crippen LogP contribution in [-0.4, -0.2) is 45.5 Å². The number of ether oxygens (including phenoxy) is 2. The summed E-state index contributed by atoms with van der Waals surface area (Å²) in [4.78, 5) is 20.2. The van der Waals surface area contributed by atoms with Crippen LogP contribution in [0.4, 0.5) is 16.3 Å². The van der Waals surface area contributed by atoms with Gasteiger partial charge in [-0.15, -0.1) is 0 Å². The predicted molar refractivity (Wildman–Crippen MR) is 100 cm³/mol. The predicted octanol–water partition coefficient (Wildman–Crippen LogP) is 3.03. The lowest BCUT2D eigenvalue weighted by Gasteiger charge is -2.14. The molecule has 2 heterocycles. The number of hydrogen-bond donors (Lipinski definition) is 3. The monoisotopic (exact) mass is 374 g/mol. The van der Waals surface area contributed by atoms with E-state index in [-0.39, 0.29) is 24.2 Å². The summed E-state index contributed by atoms with van der Waals surface area (Å²) in [7, 11) is 1.57. The van der Waals surface area contributed by atoms with Crippen molar-refractivity contribution in [3.05, 3.63) is 23.8 Å². The molecule has 9 nitrogen and oxygen atoms in total. The fraction of sp³-hybridized carbons (Fsp3) is 0.556. The van der Waals surface area contributed by atoms with E-state index in [9.17, 15) is 4.79 Å². The van der Waals surface area contributed by atoms with E-state index in [2.05, 4.69) is 30.8 Å². The number of carbonyl (C=O) groups is 1. The molecular weight excluding hydrogens is 348 g/mol. The quantitative estimate of drug-likeness (QED) is 0.712. The van der Waals surface area contributed by atoms with Crippen molar-refractivity contribution in [1.82, 2.24) is 25.5 Å². The molecule has 1 amide bonds. The first-order valence-corrected chi connectivity index (χ1v) is 9.11. The van der Waals surface area contributed by atoms with Gasteiger partial charge in [0.2, 0.25) is 5.88 Å². The zero-order valence-corrected chi connectivity index (χ0v) is 16.1. The minimum absolute atomic E-state index is 0.0682. The summed E-state index contributed by atoms with van der Waals surface area (Å²) in [5.41, 5.74) is 1.67. The third kappa shape index (κ3) is 4.87. The van der Waals surface area contributed by atoms with Crippen molar-refractivity contribution < 1.29 is 14.3 Å². The van der Waals surface area contributed by atoms with Gasteiger partial charge >= 0.3 is 6.09 Å². The fourth-order valence-electron chi connectivity index (χ4n) is 3.19. The molecule has 0 unspecified atom stereocenters. The van der Waals surface area contributed by atoms with Crippen molar-refractivity contribution in [3.63, 3.8) is 0 Å². The Balaban J connectivity index is 1.59. The Morgan fingerprint density at radius 1 is 1.37 bits per heavy atom. The van der Waals surface area contributed by atoms with Gasteiger partial charge in [0.25, 0.3) is 0 Å². The van der Waals surface area contributed by atoms with Crippen LogP contribution in [-0.2, 0) is 4.74 Å². The Labute approximate surface area is 158 Å². The molecule has 1 aliphatic rings. The Morgan fingerprint density at radius 2 is 2.19 bits per heavy atom. The van der Waals surface area contributed by atoms with Gasteiger partial charge in [-0.25, -0.2) is 9.78 Å². The largest absolute Gasteiger partial charge is 0.479 e. The zero-order valence-electron chi connectivity index (χ0n) is 16.1. The van der Waals surface area contributed by atoms with Crippen molar-refractivity contribution in [1.29, 1.82) is 0 Å². The highest BCUT2D eigenvalue weighted by molar-refractivity contribution is 5.67. The van der Waals surface area contributed by atoms with Crippen LogP contribution >= 0.6 is 0 Å². The fourth-order valence-corrected chi connectivity index (χ4v) is 3.19. The van der Waals surface area contributed by atoms with Crippen LogP contribution in [0.15, 0.2) is 12.3 Å². The summed E-state index contributed by atoms with van der Waals surface area (Å²) in [5, 5.41) is 13.3. The molecular formula is C18H26N6O3. The molecule has 0 aliphatic heterocycles. The number of carbonyl (C=O) groups excluding carboxylic acids is 1. The third-order valence-corrected chi connectivity index (χ3v) is 4.43. The zero-order chi connectivity index (χ0) is 19.4. The number of amides is 1. The average Bonchev–Trinajstić information content (AvgIpc) is 3.25. The number of H-pyrrole nitrogens is 1. The van der Waals surface area contributed by atoms with Crippen LogP contribution in [0, 0.1) is 6.92 Å². The van der Waals surface area contributed by atoms with E-state index in [0.717, 1.165) is 25.0 Å². The van der Waals surface area contributed by atoms with E-state index in [0.29, 0.717) is 23.2 Å². The van der Waals surface area contributed by atoms with Crippen LogP contribution in [0.1, 0.15) is 50.5 Å². The maximum Gasteiger partial charge on any atom is 0.407 e. The molecule has 1 fully saturated rings. The first kappa shape index (κ1) is 18.9. The smallest absolute Gasteiger partial charge is 0.407 e. The first-order valence-electron chi connectivity index (χ1n) is 9.11. The number of aromatic nitrogens is 4. The third-order valence-electron chi connectivity index (χ3n) is 4.43. The first-order chi connectivity index (χ1) is 12.9. The Kier molecular flexibility index (Phi) is 5.78. The van der Waals surface area contributed by atoms with Crippen LogP contribution < -0.4 is 15.4 Å². The molecule has 0 saturated heterocycles. The lowest BCUT2D eigenvalue weighted by molar-refractivity contribution is 0.0981. The molecule has 9 heteroatoms. The molecule has 2 aromatic rings. The molecule has 146 valence electrons. The molecule has 2 atom stereocenters. The van der Waals surface area contributed by atoms with Gasteiger partial charge in [-0.2, -0.15) is 10.1 Å². The summed E-state index contributed by atoms with van der Waals surface area (Å²) in [6, 6.07) is 2.03. The van der Waals surface area contributed by atoms with Gasteiger partial charge < -0.3 is 20.1 Å². The number of rotatable bonds is 6. The number of aromatic amines is 1. The van der Waals surface area contributed by atoms with Crippen LogP contribution in [0.5, 0.6) is 5.88 Å². The summed E-state index contributed by atoms with van der Waals surface area (Å²) in [6.45, 7) is 5.62. The number of nitrogens with zero attached hydrogens (tertiary/aromatic N) is 3. The summed E-state index contributed by atoms with van der Waals surface area (Å²) in [5.74, 6) is 2.05. The second-order valence-electron chi connectivity index (χ2n) is 7.01. The highest BCUT2D eigenvalue weighted by Gasteiger charge is 2.30. The van der Waals surface area contributed by atoms with Crippen LogP contribution in [0.3, 0.4) is 0 Å². The Bertz CT molecular complexity index is 791. The molecule has 0 spiro atoms. The van der Waals surface area contributed by atoms with Crippen LogP contribution in [0.2, 0.25) is 0 Å². The van der Waals surface area contributed by atoms with Gasteiger partial charge in [-0.3, -0.25) is 5.10 Å². The maximum atomic E-state index is 11.8. The Morgan fingerprint density at radius 3 is 2.93 bits per heavy atom. The van der Waals surface area contributed by atoms with Crippen molar-refractivity contribution in [2.75, 3.05) is 12.4 Å². The molecule has 3 N–H and O–H groups in total. The van der Waals surface area contributed by atoms with Gasteiger partial charge in [0.1, 0.15) is 17.6 Å². The van der Waals surface area contributed by atoms with E-state index < -0.39 is 0 Å². The molecule has 1 aliphatic carbocycles. The van der Waals surface area contributed by atoms with E-state index in [4.69, 9.17) is 9.47 Å². The molecule has 27 heavy (non-hydrogen) atoms. The highest BCUT2D eigenvalue weighted by atomic mass is 16.6. The molecule has 1 saturated carbocycles. The number of nitrogens with one attached hydrogen (secondary N) is 3. The van der Waals surface area contributed by atoms with Gasteiger partial charge in [0.05, 0.1) is 13.3 Å². The second kappa shape index (κ2) is 8.24. The molecule has 3 rings (SSSR count). The van der Waals surface area contributed by atoms with Gasteiger partial charge in [-0.05, 0) is 40.0 Å². The number of anilines is 2. The molecule has 0 radical (unpaired) electrons. The average molecular weight is 374 g/mol. The second-order valence-corrected chi connectivity index (χ2v) is 7.01. The highest BCUT2D eigenvalue weighted by Crippen LogP contribution is 2.36. The van der Waals surface area contributed by atoms with Gasteiger partial charge in [0, 0.05) is 23.7 Å². The summed E-state index contributed by atoms with van der Waals surface area (Å²) < 4.78 is 10.8. The number of hydrogen-bond acceptors (Lipinski definition) is 7. The molecule has 0 aromatic carbocycles. The van der Waals surface area contributed by atoms with E-state index >= 15 is 0 Å². The van der Waals surface area contributed by atoms with Crippen molar-refractivity contribution >= 4 is 17.6 Å². The topological polar surface area (TPSA) is 114 Å². The number of alkyl carbamates (subject to hydrolysis) is 1. The Hall–Kier alpha value is -2.84. The maximum absolute atomic E-state index is 11.8. The van der Waals surface area contributed by atoms with Crippen molar-refractivity contribution in [2.45, 2.75) is 58.1 Å². The number of methoxy groups -OCH3 is 1. The van der Waals surface area contributed by atoms with Crippen LogP contribution in [0.25, 0.3) is 0 Å². The normalized spacial score (nSPS) is 19.1. The van der Waals surface area contributed by atoms with E-state index in [1.165, 1.54) is 0 Å². The van der Waals surface area contributed by atoms with Gasteiger partial charge in [-0.1, -0.05) is 0 Å². The standard InChI is InChI=1S/C18H26N6O3/c1-10(2)20-18(25)27-13-6-5-12(7-13)14-8-16(24-23-14)22-15-9-19-11(3)21-17(15)26-4/h8-10,12-13H,5-7H2,1-4H3,(H,20,25)(H2,22,23,24)/t12-,13+/m0/s1.